The third kappa shape index (κ3) is 6.00. The Morgan fingerprint density at radius 2 is 1.97 bits per heavy atom. The number of hydrogen-bond acceptors (Lipinski definition) is 7. The second-order valence-corrected chi connectivity index (χ2v) is 9.00. The summed E-state index contributed by atoms with van der Waals surface area (Å²) < 4.78 is 10.8. The van der Waals surface area contributed by atoms with Gasteiger partial charge in [0.1, 0.15) is 16.5 Å². The van der Waals surface area contributed by atoms with Crippen molar-refractivity contribution in [3.63, 3.8) is 0 Å². The number of piperidine rings is 1. The molecular weight excluding hydrogens is 464 g/mol. The number of rotatable bonds is 7. The van der Waals surface area contributed by atoms with Crippen molar-refractivity contribution in [3.8, 4) is 11.5 Å². The van der Waals surface area contributed by atoms with Crippen molar-refractivity contribution >= 4 is 40.4 Å². The summed E-state index contributed by atoms with van der Waals surface area (Å²) in [6, 6.07) is 14.0. The van der Waals surface area contributed by atoms with Crippen LogP contribution in [0.1, 0.15) is 33.6 Å². The molecule has 2 heterocycles. The molecular formula is C23H23ClN4O4S. The van der Waals surface area contributed by atoms with Gasteiger partial charge in [-0.05, 0) is 55.3 Å². The third-order valence-corrected chi connectivity index (χ3v) is 6.58. The number of carbonyl (C=O) groups excluding carboxylic acids is 2. The molecule has 1 saturated heterocycles. The molecule has 1 atom stereocenters. The van der Waals surface area contributed by atoms with E-state index < -0.39 is 0 Å². The number of halogens is 1. The lowest BCUT2D eigenvalue weighted by Gasteiger charge is -2.31. The van der Waals surface area contributed by atoms with Crippen LogP contribution in [0.15, 0.2) is 48.5 Å². The highest BCUT2D eigenvalue weighted by Crippen LogP contribution is 2.29. The fourth-order valence-corrected chi connectivity index (χ4v) is 4.61. The Morgan fingerprint density at radius 3 is 2.73 bits per heavy atom. The Hall–Kier alpha value is -3.17. The van der Waals surface area contributed by atoms with Crippen LogP contribution < -0.4 is 14.8 Å². The lowest BCUT2D eigenvalue weighted by atomic mass is 9.99. The zero-order chi connectivity index (χ0) is 23.2. The summed E-state index contributed by atoms with van der Waals surface area (Å²) in [5, 5.41) is 12.6. The smallest absolute Gasteiger partial charge is 0.286 e. The van der Waals surface area contributed by atoms with Crippen LogP contribution in [0.5, 0.6) is 11.5 Å². The monoisotopic (exact) mass is 486 g/mol. The number of benzene rings is 2. The maximum Gasteiger partial charge on any atom is 0.286 e. The summed E-state index contributed by atoms with van der Waals surface area (Å²) in [7, 11) is 1.60. The molecule has 1 aliphatic rings. The van der Waals surface area contributed by atoms with Gasteiger partial charge in [0.05, 0.1) is 7.11 Å². The summed E-state index contributed by atoms with van der Waals surface area (Å²) in [4.78, 5) is 27.0. The predicted molar refractivity (Wildman–Crippen MR) is 126 cm³/mol. The van der Waals surface area contributed by atoms with Crippen molar-refractivity contribution in [3.05, 3.63) is 63.6 Å². The molecule has 1 aromatic heterocycles. The highest BCUT2D eigenvalue weighted by molar-refractivity contribution is 7.13. The van der Waals surface area contributed by atoms with E-state index in [1.54, 1.807) is 60.5 Å². The van der Waals surface area contributed by atoms with Crippen molar-refractivity contribution in [2.75, 3.05) is 32.1 Å². The Kier molecular flexibility index (Phi) is 7.41. The van der Waals surface area contributed by atoms with E-state index in [4.69, 9.17) is 21.1 Å². The zero-order valence-corrected chi connectivity index (χ0v) is 19.6. The molecule has 1 N–H and O–H groups in total. The van der Waals surface area contributed by atoms with E-state index in [1.165, 1.54) is 11.3 Å². The minimum Gasteiger partial charge on any atom is -0.497 e. The topological polar surface area (TPSA) is 93.7 Å². The number of amides is 2. The van der Waals surface area contributed by atoms with Crippen LogP contribution in [-0.2, 0) is 4.79 Å². The second-order valence-electron chi connectivity index (χ2n) is 7.55. The van der Waals surface area contributed by atoms with Crippen LogP contribution in [-0.4, -0.2) is 53.7 Å². The summed E-state index contributed by atoms with van der Waals surface area (Å²) in [5.41, 5.74) is 0.593. The number of likely N-dealkylation sites (tertiary alicyclic amines) is 1. The van der Waals surface area contributed by atoms with Gasteiger partial charge < -0.3 is 19.7 Å². The molecule has 0 spiro atoms. The van der Waals surface area contributed by atoms with E-state index >= 15 is 0 Å². The van der Waals surface area contributed by atoms with E-state index in [1.807, 2.05) is 0 Å². The molecule has 1 aliphatic heterocycles. The lowest BCUT2D eigenvalue weighted by Crippen LogP contribution is -2.41. The Bertz CT molecular complexity index is 1120. The maximum atomic E-state index is 12.7. The van der Waals surface area contributed by atoms with Crippen molar-refractivity contribution in [2.24, 2.45) is 0 Å². The normalized spacial score (nSPS) is 15.7. The minimum absolute atomic E-state index is 0.0360. The van der Waals surface area contributed by atoms with Gasteiger partial charge in [-0.25, -0.2) is 0 Å². The number of nitrogens with one attached hydrogen (secondary N) is 1. The first kappa shape index (κ1) is 23.0. The summed E-state index contributed by atoms with van der Waals surface area (Å²) in [5.74, 6) is 0.952. The molecule has 0 unspecified atom stereocenters. The first-order valence-electron chi connectivity index (χ1n) is 10.5. The quantitative estimate of drug-likeness (QED) is 0.537. The average Bonchev–Trinajstić information content (AvgIpc) is 3.34. The molecule has 0 saturated carbocycles. The number of carbonyl (C=O) groups is 2. The van der Waals surface area contributed by atoms with Gasteiger partial charge in [0, 0.05) is 29.7 Å². The lowest BCUT2D eigenvalue weighted by molar-refractivity contribution is -0.134. The number of ether oxygens (including phenoxy) is 2. The van der Waals surface area contributed by atoms with Gasteiger partial charge >= 0.3 is 0 Å². The molecule has 0 bridgehead atoms. The van der Waals surface area contributed by atoms with Crippen molar-refractivity contribution < 1.29 is 19.1 Å². The van der Waals surface area contributed by atoms with Crippen LogP contribution in [0.3, 0.4) is 0 Å². The number of aromatic nitrogens is 2. The molecule has 2 aromatic carbocycles. The number of hydrogen-bond donors (Lipinski definition) is 1. The molecule has 0 radical (unpaired) electrons. The second kappa shape index (κ2) is 10.6. The SMILES string of the molecule is COc1ccc(OCC(=O)N2CCC[C@H](c3nnc(C(=O)Nc4cccc(Cl)c4)s3)C2)cc1. The summed E-state index contributed by atoms with van der Waals surface area (Å²) in [6.45, 7) is 1.15. The Balaban J connectivity index is 1.32. The Morgan fingerprint density at radius 1 is 1.18 bits per heavy atom. The van der Waals surface area contributed by atoms with Crippen LogP contribution >= 0.6 is 22.9 Å². The maximum absolute atomic E-state index is 12.7. The molecule has 1 fully saturated rings. The van der Waals surface area contributed by atoms with E-state index in [0.717, 1.165) is 23.6 Å². The van der Waals surface area contributed by atoms with Gasteiger partial charge in [0.25, 0.3) is 11.8 Å². The van der Waals surface area contributed by atoms with Crippen LogP contribution in [0.25, 0.3) is 0 Å². The van der Waals surface area contributed by atoms with E-state index in [0.29, 0.717) is 29.5 Å². The van der Waals surface area contributed by atoms with Gasteiger partial charge in [-0.15, -0.1) is 10.2 Å². The highest BCUT2D eigenvalue weighted by Gasteiger charge is 2.28. The molecule has 3 aromatic rings. The first-order valence-corrected chi connectivity index (χ1v) is 11.7. The highest BCUT2D eigenvalue weighted by atomic mass is 35.5. The van der Waals surface area contributed by atoms with Gasteiger partial charge in [0.15, 0.2) is 6.61 Å². The number of anilines is 1. The van der Waals surface area contributed by atoms with Crippen LogP contribution in [0.2, 0.25) is 5.02 Å². The third-order valence-electron chi connectivity index (χ3n) is 5.26. The van der Waals surface area contributed by atoms with Crippen molar-refractivity contribution in [1.29, 1.82) is 0 Å². The predicted octanol–water partition coefficient (Wildman–Crippen LogP) is 4.24. The summed E-state index contributed by atoms with van der Waals surface area (Å²) >= 11 is 7.22. The molecule has 8 nitrogen and oxygen atoms in total. The van der Waals surface area contributed by atoms with Gasteiger partial charge in [-0.1, -0.05) is 29.0 Å². The summed E-state index contributed by atoms with van der Waals surface area (Å²) in [6.07, 6.45) is 1.73. The minimum atomic E-state index is -0.336. The van der Waals surface area contributed by atoms with Crippen molar-refractivity contribution in [2.45, 2.75) is 18.8 Å². The van der Waals surface area contributed by atoms with E-state index in [-0.39, 0.29) is 29.3 Å². The number of methoxy groups -OCH3 is 1. The van der Waals surface area contributed by atoms with Crippen LogP contribution in [0.4, 0.5) is 5.69 Å². The average molecular weight is 487 g/mol. The first-order chi connectivity index (χ1) is 16.0. The molecule has 2 amide bonds. The molecule has 0 aliphatic carbocycles. The van der Waals surface area contributed by atoms with Crippen LogP contribution in [0, 0.1) is 0 Å². The standard InChI is InChI=1S/C23H23ClN4O4S/c1-31-18-7-9-19(10-8-18)32-14-20(29)28-11-3-4-15(13-28)22-26-27-23(33-22)21(30)25-17-6-2-5-16(24)12-17/h2,5-10,12,15H,3-4,11,13-14H2,1H3,(H,25,30)/t15-/m0/s1. The molecule has 33 heavy (non-hydrogen) atoms. The molecule has 4 rings (SSSR count). The van der Waals surface area contributed by atoms with Crippen molar-refractivity contribution in [1.82, 2.24) is 15.1 Å². The fourth-order valence-electron chi connectivity index (χ4n) is 3.56. The van der Waals surface area contributed by atoms with Gasteiger partial charge in [-0.2, -0.15) is 0 Å². The fraction of sp³-hybridized carbons (Fsp3) is 0.304. The number of nitrogens with zero attached hydrogens (tertiary/aromatic N) is 3. The zero-order valence-electron chi connectivity index (χ0n) is 18.0. The Labute approximate surface area is 200 Å². The molecule has 172 valence electrons. The van der Waals surface area contributed by atoms with Gasteiger partial charge in [-0.3, -0.25) is 9.59 Å². The largest absolute Gasteiger partial charge is 0.497 e. The van der Waals surface area contributed by atoms with E-state index in [2.05, 4.69) is 15.5 Å². The molecule has 10 heteroatoms. The van der Waals surface area contributed by atoms with E-state index in [9.17, 15) is 9.59 Å². The van der Waals surface area contributed by atoms with Gasteiger partial charge in [0.2, 0.25) is 5.01 Å².